The second kappa shape index (κ2) is 6.18. The molecule has 0 amide bonds. The molecule has 0 fully saturated rings. The van der Waals surface area contributed by atoms with Gasteiger partial charge in [-0.3, -0.25) is 0 Å². The number of aliphatic hydroxyl groups excluding tert-OH is 1. The van der Waals surface area contributed by atoms with E-state index in [2.05, 4.69) is 0 Å². The molecular formula is C16H16ClFO. The molecule has 1 atom stereocenters. The van der Waals surface area contributed by atoms with Crippen LogP contribution in [-0.4, -0.2) is 11.7 Å². The zero-order valence-electron chi connectivity index (χ0n) is 10.7. The first-order valence-corrected chi connectivity index (χ1v) is 6.60. The molecule has 0 aliphatic rings. The van der Waals surface area contributed by atoms with E-state index in [9.17, 15) is 9.50 Å². The van der Waals surface area contributed by atoms with Crippen molar-refractivity contribution in [1.29, 1.82) is 0 Å². The predicted octanol–water partition coefficient (Wildman–Crippen LogP) is 4.11. The van der Waals surface area contributed by atoms with Crippen LogP contribution in [0, 0.1) is 12.7 Å². The second-order valence-electron chi connectivity index (χ2n) is 4.68. The van der Waals surface area contributed by atoms with E-state index in [-0.39, 0.29) is 18.3 Å². The van der Waals surface area contributed by atoms with Gasteiger partial charge in [-0.15, -0.1) is 0 Å². The monoisotopic (exact) mass is 278 g/mol. The SMILES string of the molecule is Cc1ccc(F)cc1CC(CO)c1ccccc1Cl. The van der Waals surface area contributed by atoms with Gasteiger partial charge in [0.15, 0.2) is 0 Å². The van der Waals surface area contributed by atoms with Crippen LogP contribution in [-0.2, 0) is 6.42 Å². The minimum Gasteiger partial charge on any atom is -0.396 e. The van der Waals surface area contributed by atoms with E-state index in [1.54, 1.807) is 12.1 Å². The molecule has 0 aliphatic carbocycles. The minimum absolute atomic E-state index is 0.0142. The Morgan fingerprint density at radius 3 is 2.63 bits per heavy atom. The lowest BCUT2D eigenvalue weighted by Crippen LogP contribution is -2.09. The summed E-state index contributed by atoms with van der Waals surface area (Å²) in [4.78, 5) is 0. The fourth-order valence-electron chi connectivity index (χ4n) is 2.20. The summed E-state index contributed by atoms with van der Waals surface area (Å²) in [5, 5.41) is 10.2. The summed E-state index contributed by atoms with van der Waals surface area (Å²) in [5.74, 6) is -0.370. The lowest BCUT2D eigenvalue weighted by atomic mass is 9.91. The zero-order chi connectivity index (χ0) is 13.8. The van der Waals surface area contributed by atoms with Gasteiger partial charge in [0, 0.05) is 10.9 Å². The molecule has 0 heterocycles. The first-order valence-electron chi connectivity index (χ1n) is 6.22. The Morgan fingerprint density at radius 1 is 1.21 bits per heavy atom. The van der Waals surface area contributed by atoms with Crippen molar-refractivity contribution in [2.24, 2.45) is 0 Å². The Hall–Kier alpha value is -1.38. The molecule has 1 N–H and O–H groups in total. The summed E-state index contributed by atoms with van der Waals surface area (Å²) in [7, 11) is 0. The fourth-order valence-corrected chi connectivity index (χ4v) is 2.49. The summed E-state index contributed by atoms with van der Waals surface area (Å²) in [5.41, 5.74) is 2.82. The second-order valence-corrected chi connectivity index (χ2v) is 5.08. The van der Waals surface area contributed by atoms with Gasteiger partial charge in [-0.1, -0.05) is 35.9 Å². The molecule has 0 aromatic heterocycles. The van der Waals surface area contributed by atoms with Crippen molar-refractivity contribution in [3.63, 3.8) is 0 Å². The van der Waals surface area contributed by atoms with Crippen molar-refractivity contribution in [3.05, 3.63) is 70.0 Å². The van der Waals surface area contributed by atoms with Crippen LogP contribution in [0.2, 0.25) is 5.02 Å². The summed E-state index contributed by atoms with van der Waals surface area (Å²) in [6.07, 6.45) is 0.573. The van der Waals surface area contributed by atoms with E-state index in [1.165, 1.54) is 12.1 Å². The summed E-state index contributed by atoms with van der Waals surface area (Å²) < 4.78 is 13.3. The minimum atomic E-state index is -0.253. The van der Waals surface area contributed by atoms with Crippen molar-refractivity contribution >= 4 is 11.6 Å². The van der Waals surface area contributed by atoms with Crippen molar-refractivity contribution < 1.29 is 9.50 Å². The van der Waals surface area contributed by atoms with E-state index < -0.39 is 0 Å². The van der Waals surface area contributed by atoms with Crippen LogP contribution in [0.15, 0.2) is 42.5 Å². The molecule has 0 bridgehead atoms. The lowest BCUT2D eigenvalue weighted by molar-refractivity contribution is 0.264. The summed E-state index contributed by atoms with van der Waals surface area (Å²) in [6.45, 7) is 1.93. The molecule has 0 aliphatic heterocycles. The van der Waals surface area contributed by atoms with Crippen LogP contribution in [0.5, 0.6) is 0 Å². The summed E-state index contributed by atoms with van der Waals surface area (Å²) >= 11 is 6.15. The molecule has 0 saturated carbocycles. The number of benzene rings is 2. The Kier molecular flexibility index (Phi) is 4.56. The zero-order valence-corrected chi connectivity index (χ0v) is 11.5. The third kappa shape index (κ3) is 3.34. The van der Waals surface area contributed by atoms with E-state index in [4.69, 9.17) is 11.6 Å². The van der Waals surface area contributed by atoms with Crippen LogP contribution in [0.4, 0.5) is 4.39 Å². The molecular weight excluding hydrogens is 263 g/mol. The Labute approximate surface area is 117 Å². The maximum atomic E-state index is 13.3. The van der Waals surface area contributed by atoms with Gasteiger partial charge in [0.25, 0.3) is 0 Å². The highest BCUT2D eigenvalue weighted by atomic mass is 35.5. The molecule has 19 heavy (non-hydrogen) atoms. The molecule has 2 rings (SSSR count). The fraction of sp³-hybridized carbons (Fsp3) is 0.250. The van der Waals surface area contributed by atoms with E-state index >= 15 is 0 Å². The molecule has 0 radical (unpaired) electrons. The first kappa shape index (κ1) is 14.0. The normalized spacial score (nSPS) is 12.4. The largest absolute Gasteiger partial charge is 0.396 e. The van der Waals surface area contributed by atoms with Crippen LogP contribution in [0.3, 0.4) is 0 Å². The number of aliphatic hydroxyl groups is 1. The van der Waals surface area contributed by atoms with Gasteiger partial charge in [-0.2, -0.15) is 0 Å². The highest BCUT2D eigenvalue weighted by Gasteiger charge is 2.15. The molecule has 1 unspecified atom stereocenters. The first-order chi connectivity index (χ1) is 9.11. The van der Waals surface area contributed by atoms with Crippen molar-refractivity contribution in [2.75, 3.05) is 6.61 Å². The van der Waals surface area contributed by atoms with Crippen molar-refractivity contribution in [2.45, 2.75) is 19.3 Å². The third-order valence-corrected chi connectivity index (χ3v) is 3.69. The van der Waals surface area contributed by atoms with Crippen LogP contribution in [0.1, 0.15) is 22.6 Å². The average molecular weight is 279 g/mol. The molecule has 100 valence electrons. The van der Waals surface area contributed by atoms with Crippen molar-refractivity contribution in [3.8, 4) is 0 Å². The maximum absolute atomic E-state index is 13.3. The highest BCUT2D eigenvalue weighted by molar-refractivity contribution is 6.31. The van der Waals surface area contributed by atoms with Gasteiger partial charge in [0.2, 0.25) is 0 Å². The van der Waals surface area contributed by atoms with Gasteiger partial charge in [0.1, 0.15) is 5.82 Å². The smallest absolute Gasteiger partial charge is 0.123 e. The molecule has 1 nitrogen and oxygen atoms in total. The Morgan fingerprint density at radius 2 is 1.95 bits per heavy atom. The molecule has 3 heteroatoms. The van der Waals surface area contributed by atoms with E-state index in [1.807, 2.05) is 25.1 Å². The van der Waals surface area contributed by atoms with Gasteiger partial charge in [0.05, 0.1) is 6.61 Å². The molecule has 2 aromatic rings. The van der Waals surface area contributed by atoms with E-state index in [0.717, 1.165) is 16.7 Å². The molecule has 0 spiro atoms. The Balaban J connectivity index is 2.29. The van der Waals surface area contributed by atoms with Gasteiger partial charge >= 0.3 is 0 Å². The van der Waals surface area contributed by atoms with Gasteiger partial charge in [-0.25, -0.2) is 4.39 Å². The van der Waals surface area contributed by atoms with Crippen LogP contribution in [0.25, 0.3) is 0 Å². The van der Waals surface area contributed by atoms with Gasteiger partial charge in [-0.05, 0) is 48.2 Å². The topological polar surface area (TPSA) is 20.2 Å². The number of rotatable bonds is 4. The quantitative estimate of drug-likeness (QED) is 0.892. The van der Waals surface area contributed by atoms with Crippen LogP contribution < -0.4 is 0 Å². The van der Waals surface area contributed by atoms with E-state index in [0.29, 0.717) is 11.4 Å². The summed E-state index contributed by atoms with van der Waals surface area (Å²) in [6, 6.07) is 12.2. The standard InChI is InChI=1S/C16H16ClFO/c1-11-6-7-14(18)9-12(11)8-13(10-19)15-4-2-3-5-16(15)17/h2-7,9,13,19H,8,10H2,1H3. The third-order valence-electron chi connectivity index (χ3n) is 3.34. The predicted molar refractivity (Wildman–Crippen MR) is 76.1 cm³/mol. The van der Waals surface area contributed by atoms with Gasteiger partial charge < -0.3 is 5.11 Å². The molecule has 2 aromatic carbocycles. The maximum Gasteiger partial charge on any atom is 0.123 e. The lowest BCUT2D eigenvalue weighted by Gasteiger charge is -2.17. The number of hydrogen-bond donors (Lipinski definition) is 1. The number of aryl methyl sites for hydroxylation is 1. The number of halogens is 2. The number of hydrogen-bond acceptors (Lipinski definition) is 1. The van der Waals surface area contributed by atoms with Crippen molar-refractivity contribution in [1.82, 2.24) is 0 Å². The van der Waals surface area contributed by atoms with Crippen LogP contribution >= 0.6 is 11.6 Å². The Bertz CT molecular complexity index is 568. The highest BCUT2D eigenvalue weighted by Crippen LogP contribution is 2.28. The average Bonchev–Trinajstić information content (AvgIpc) is 2.41. The molecule has 0 saturated heterocycles.